The van der Waals surface area contributed by atoms with Crippen molar-refractivity contribution in [1.29, 1.82) is 5.26 Å². The summed E-state index contributed by atoms with van der Waals surface area (Å²) in [5, 5.41) is 15.6. The zero-order chi connectivity index (χ0) is 21.3. The fourth-order valence-electron chi connectivity index (χ4n) is 3.13. The van der Waals surface area contributed by atoms with Crippen LogP contribution in [0.25, 0.3) is 5.69 Å². The summed E-state index contributed by atoms with van der Waals surface area (Å²) >= 11 is 12.0. The van der Waals surface area contributed by atoms with Gasteiger partial charge < -0.3 is 5.32 Å². The van der Waals surface area contributed by atoms with Crippen LogP contribution in [0.4, 0.5) is 25.2 Å². The molecule has 0 saturated heterocycles. The lowest BCUT2D eigenvalue weighted by molar-refractivity contribution is 0.364. The van der Waals surface area contributed by atoms with Gasteiger partial charge in [0.25, 0.3) is 0 Å². The van der Waals surface area contributed by atoms with Gasteiger partial charge in [0.1, 0.15) is 22.5 Å². The van der Waals surface area contributed by atoms with Crippen LogP contribution in [-0.2, 0) is 0 Å². The highest BCUT2D eigenvalue weighted by molar-refractivity contribution is 8.45. The second-order valence-electron chi connectivity index (χ2n) is 7.44. The molecule has 29 heavy (non-hydrogen) atoms. The van der Waals surface area contributed by atoms with E-state index in [0.717, 1.165) is 30.4 Å². The number of hydrogen-bond acceptors (Lipinski definition) is 3. The van der Waals surface area contributed by atoms with E-state index in [4.69, 9.17) is 23.2 Å². The van der Waals surface area contributed by atoms with Crippen molar-refractivity contribution in [2.24, 2.45) is 5.92 Å². The zero-order valence-corrected chi connectivity index (χ0v) is 17.1. The summed E-state index contributed by atoms with van der Waals surface area (Å²) in [5.41, 5.74) is 0.576. The predicted molar refractivity (Wildman–Crippen MR) is 103 cm³/mol. The molecule has 2 aliphatic rings. The number of halogens is 7. The molecular weight excluding hydrogens is 458 g/mol. The molecule has 4 nitrogen and oxygen atoms in total. The highest BCUT2D eigenvalue weighted by Gasteiger charge is 2.65. The molecule has 0 spiro atoms. The fourth-order valence-corrected chi connectivity index (χ4v) is 4.59. The van der Waals surface area contributed by atoms with Crippen LogP contribution < -0.4 is 5.32 Å². The summed E-state index contributed by atoms with van der Waals surface area (Å²) in [4.78, 5) is -2.17. The van der Waals surface area contributed by atoms with Gasteiger partial charge in [-0.05, 0) is 49.7 Å². The van der Waals surface area contributed by atoms with Gasteiger partial charge in [-0.2, -0.15) is 10.4 Å². The second-order valence-corrected chi connectivity index (χ2v) is 10.7. The number of nitrogens with zero attached hydrogens (tertiary/aromatic N) is 3. The molecule has 12 heteroatoms. The molecule has 4 rings (SSSR count). The van der Waals surface area contributed by atoms with Crippen LogP contribution in [0.1, 0.15) is 42.9 Å². The quantitative estimate of drug-likeness (QED) is 0.445. The molecule has 1 N–H and O–H groups in total. The standard InChI is InChI=1S/C17H15Cl2F5N4S/c18-12-5-11(29(20,21,22,23)24)6-13(19)16(12)28-17(26-8-9-1-2-9)15(10-3-4-10)14(7-25)27-28/h5-6,9-10,26H,1-4,8H2. The Morgan fingerprint density at radius 2 is 1.69 bits per heavy atom. The summed E-state index contributed by atoms with van der Waals surface area (Å²) in [6.45, 7) is 0.592. The van der Waals surface area contributed by atoms with Crippen LogP contribution in [0.3, 0.4) is 0 Å². The van der Waals surface area contributed by atoms with Gasteiger partial charge >= 0.3 is 10.2 Å². The summed E-state index contributed by atoms with van der Waals surface area (Å²) < 4.78 is 67.1. The van der Waals surface area contributed by atoms with E-state index in [1.54, 1.807) is 0 Å². The normalized spacial score (nSPS) is 19.4. The van der Waals surface area contributed by atoms with Crippen molar-refractivity contribution in [3.8, 4) is 11.8 Å². The Morgan fingerprint density at radius 3 is 2.14 bits per heavy atom. The van der Waals surface area contributed by atoms with Crippen LogP contribution in [-0.4, -0.2) is 16.3 Å². The molecule has 0 unspecified atom stereocenters. The lowest BCUT2D eigenvalue weighted by Gasteiger charge is -2.40. The van der Waals surface area contributed by atoms with Crippen molar-refractivity contribution in [1.82, 2.24) is 9.78 Å². The average Bonchev–Trinajstić information content (AvgIpc) is 3.49. The summed E-state index contributed by atoms with van der Waals surface area (Å²) in [6, 6.07) is 2.29. The van der Waals surface area contributed by atoms with E-state index in [1.165, 1.54) is 0 Å². The number of benzene rings is 1. The van der Waals surface area contributed by atoms with Gasteiger partial charge in [0.15, 0.2) is 5.69 Å². The first-order chi connectivity index (χ1) is 13.3. The summed E-state index contributed by atoms with van der Waals surface area (Å²) in [6.07, 6.45) is 3.79. The van der Waals surface area contributed by atoms with E-state index in [1.807, 2.05) is 6.07 Å². The maximum absolute atomic E-state index is 13.2. The molecular formula is C17H15Cl2F5N4S. The second kappa shape index (κ2) is 5.93. The van der Waals surface area contributed by atoms with Crippen LogP contribution in [0.15, 0.2) is 17.0 Å². The molecule has 2 aliphatic carbocycles. The molecule has 2 aromatic rings. The molecule has 0 amide bonds. The summed E-state index contributed by atoms with van der Waals surface area (Å²) in [7, 11) is -9.96. The van der Waals surface area contributed by atoms with Crippen molar-refractivity contribution >= 4 is 39.2 Å². The monoisotopic (exact) mass is 472 g/mol. The highest BCUT2D eigenvalue weighted by atomic mass is 35.5. The molecule has 2 fully saturated rings. The van der Waals surface area contributed by atoms with E-state index in [0.29, 0.717) is 23.8 Å². The lowest BCUT2D eigenvalue weighted by Crippen LogP contribution is -2.12. The third kappa shape index (κ3) is 4.13. The zero-order valence-electron chi connectivity index (χ0n) is 14.7. The molecule has 1 aromatic heterocycles. The van der Waals surface area contributed by atoms with Crippen molar-refractivity contribution in [2.45, 2.75) is 36.5 Å². The van der Waals surface area contributed by atoms with Crippen molar-refractivity contribution in [3.63, 3.8) is 0 Å². The van der Waals surface area contributed by atoms with Gasteiger partial charge in [0, 0.05) is 12.1 Å². The lowest BCUT2D eigenvalue weighted by atomic mass is 10.1. The first-order valence-electron chi connectivity index (χ1n) is 8.79. The minimum Gasteiger partial charge on any atom is -0.369 e. The Bertz CT molecular complexity index is 1030. The van der Waals surface area contributed by atoms with Gasteiger partial charge in [0.05, 0.1) is 10.0 Å². The number of anilines is 1. The molecule has 2 saturated carbocycles. The van der Waals surface area contributed by atoms with Crippen molar-refractivity contribution < 1.29 is 19.4 Å². The molecule has 1 aromatic carbocycles. The largest absolute Gasteiger partial charge is 0.369 e. The number of nitrogens with one attached hydrogen (secondary N) is 1. The fraction of sp³-hybridized carbons (Fsp3) is 0.412. The Morgan fingerprint density at radius 1 is 1.10 bits per heavy atom. The van der Waals surface area contributed by atoms with E-state index in [9.17, 15) is 24.7 Å². The Labute approximate surface area is 173 Å². The van der Waals surface area contributed by atoms with E-state index < -0.39 is 25.2 Å². The molecule has 0 bridgehead atoms. The van der Waals surface area contributed by atoms with Gasteiger partial charge in [-0.3, -0.25) is 0 Å². The van der Waals surface area contributed by atoms with Crippen molar-refractivity contribution in [3.05, 3.63) is 33.4 Å². The molecule has 1 heterocycles. The van der Waals surface area contributed by atoms with E-state index in [2.05, 4.69) is 10.4 Å². The maximum Gasteiger partial charge on any atom is 0.310 e. The smallest absolute Gasteiger partial charge is 0.310 e. The molecule has 0 radical (unpaired) electrons. The first-order valence-corrected chi connectivity index (χ1v) is 11.5. The Kier molecular flexibility index (Phi) is 4.20. The average molecular weight is 473 g/mol. The first kappa shape index (κ1) is 20.6. The predicted octanol–water partition coefficient (Wildman–Crippen LogP) is 7.41. The SMILES string of the molecule is N#Cc1nn(-c2c(Cl)cc(S(F)(F)(F)(F)F)cc2Cl)c(NCC2CC2)c1C1CC1. The maximum atomic E-state index is 13.2. The number of aromatic nitrogens is 2. The number of hydrogen-bond donors (Lipinski definition) is 1. The van der Waals surface area contributed by atoms with Crippen LogP contribution in [0.5, 0.6) is 0 Å². The topological polar surface area (TPSA) is 53.6 Å². The minimum absolute atomic E-state index is 0.0987. The van der Waals surface area contributed by atoms with Gasteiger partial charge in [-0.25, -0.2) is 4.68 Å². The highest BCUT2D eigenvalue weighted by Crippen LogP contribution is 3.02. The van der Waals surface area contributed by atoms with Crippen LogP contribution in [0, 0.1) is 17.2 Å². The molecule has 0 atom stereocenters. The van der Waals surface area contributed by atoms with E-state index in [-0.39, 0.29) is 29.4 Å². The van der Waals surface area contributed by atoms with Crippen LogP contribution >= 0.6 is 33.4 Å². The van der Waals surface area contributed by atoms with Crippen molar-refractivity contribution in [2.75, 3.05) is 11.9 Å². The third-order valence-electron chi connectivity index (χ3n) is 4.92. The Balaban J connectivity index is 1.87. The van der Waals surface area contributed by atoms with Crippen LogP contribution in [0.2, 0.25) is 10.0 Å². The number of rotatable bonds is 6. The van der Waals surface area contributed by atoms with Gasteiger partial charge in [-0.15, -0.1) is 0 Å². The minimum atomic E-state index is -9.96. The van der Waals surface area contributed by atoms with E-state index >= 15 is 0 Å². The van der Waals surface area contributed by atoms with Gasteiger partial charge in [0.2, 0.25) is 0 Å². The third-order valence-corrected chi connectivity index (χ3v) is 6.62. The number of nitriles is 1. The summed E-state index contributed by atoms with van der Waals surface area (Å²) in [5.74, 6) is 0.971. The molecule has 158 valence electrons. The molecule has 0 aliphatic heterocycles. The van der Waals surface area contributed by atoms with Gasteiger partial charge in [-0.1, -0.05) is 42.6 Å². The Hall–Kier alpha value is -1.70.